The van der Waals surface area contributed by atoms with E-state index in [1.807, 2.05) is 18.0 Å². The summed E-state index contributed by atoms with van der Waals surface area (Å²) in [5, 5.41) is 15.1. The Bertz CT molecular complexity index is 1240. The van der Waals surface area contributed by atoms with Gasteiger partial charge in [-0.15, -0.1) is 0 Å². The van der Waals surface area contributed by atoms with Crippen LogP contribution >= 0.6 is 0 Å². The molecule has 0 aliphatic carbocycles. The minimum Gasteiger partial charge on any atom is -0.319 e. The fourth-order valence-corrected chi connectivity index (χ4v) is 3.87. The van der Waals surface area contributed by atoms with Crippen LogP contribution in [0.2, 0.25) is 0 Å². The van der Waals surface area contributed by atoms with Crippen LogP contribution in [0.1, 0.15) is 44.1 Å². The number of alkyl halides is 3. The molecule has 0 radical (unpaired) electrons. The van der Waals surface area contributed by atoms with Gasteiger partial charge in [-0.25, -0.2) is 0 Å². The highest BCUT2D eigenvalue weighted by atomic mass is 19.4. The van der Waals surface area contributed by atoms with Crippen molar-refractivity contribution in [1.82, 2.24) is 19.7 Å². The molecule has 170 valence electrons. The minimum absolute atomic E-state index is 0.0615. The van der Waals surface area contributed by atoms with Gasteiger partial charge in [0.05, 0.1) is 29.6 Å². The van der Waals surface area contributed by atoms with Crippen LogP contribution in [0.25, 0.3) is 0 Å². The molecule has 33 heavy (non-hydrogen) atoms. The van der Waals surface area contributed by atoms with Crippen LogP contribution in [0.15, 0.2) is 36.5 Å². The quantitative estimate of drug-likeness (QED) is 0.649. The van der Waals surface area contributed by atoms with Crippen molar-refractivity contribution in [2.45, 2.75) is 32.6 Å². The lowest BCUT2D eigenvalue weighted by atomic mass is 10.00. The van der Waals surface area contributed by atoms with E-state index < -0.39 is 17.8 Å². The molecule has 3 aromatic rings. The summed E-state index contributed by atoms with van der Waals surface area (Å²) in [5.41, 5.74) is 1.60. The molecule has 0 atom stereocenters. The standard InChI is InChI=1S/C23H21F3N6O/c1-14-20(29-22(33)17-7-9-28-19-8-10-31(2)13-18(17)19)21(23(24,25)26)30-32(14)12-16-5-3-15(11-27)4-6-16/h3-7,9H,8,10,12-13H2,1-2H3,(H,29,33). The molecule has 1 aliphatic heterocycles. The van der Waals surface area contributed by atoms with Crippen LogP contribution in [0.5, 0.6) is 0 Å². The molecule has 0 fully saturated rings. The Labute approximate surface area is 188 Å². The molecule has 0 saturated carbocycles. The number of pyridine rings is 1. The largest absolute Gasteiger partial charge is 0.437 e. The van der Waals surface area contributed by atoms with E-state index in [2.05, 4.69) is 15.4 Å². The van der Waals surface area contributed by atoms with Gasteiger partial charge < -0.3 is 10.2 Å². The van der Waals surface area contributed by atoms with Crippen molar-refractivity contribution in [2.24, 2.45) is 0 Å². The maximum absolute atomic E-state index is 13.8. The van der Waals surface area contributed by atoms with E-state index in [1.54, 1.807) is 24.3 Å². The molecule has 0 saturated heterocycles. The summed E-state index contributed by atoms with van der Waals surface area (Å²) in [7, 11) is 1.91. The number of carbonyl (C=O) groups excluding carboxylic acids is 1. The predicted molar refractivity (Wildman–Crippen MR) is 114 cm³/mol. The lowest BCUT2D eigenvalue weighted by molar-refractivity contribution is -0.140. The summed E-state index contributed by atoms with van der Waals surface area (Å²) >= 11 is 0. The van der Waals surface area contributed by atoms with Gasteiger partial charge in [-0.2, -0.15) is 23.5 Å². The Balaban J connectivity index is 1.67. The number of nitrogens with zero attached hydrogens (tertiary/aromatic N) is 5. The van der Waals surface area contributed by atoms with Gasteiger partial charge in [0, 0.05) is 42.5 Å². The first-order chi connectivity index (χ1) is 15.7. The number of rotatable bonds is 4. The highest BCUT2D eigenvalue weighted by Gasteiger charge is 2.39. The molecule has 10 heteroatoms. The van der Waals surface area contributed by atoms with Crippen LogP contribution in [-0.4, -0.2) is 39.2 Å². The first kappa shape index (κ1) is 22.5. The number of likely N-dealkylation sites (N-methyl/N-ethyl adjacent to an activating group) is 1. The molecule has 1 aromatic carbocycles. The van der Waals surface area contributed by atoms with Gasteiger partial charge in [0.15, 0.2) is 5.69 Å². The van der Waals surface area contributed by atoms with Gasteiger partial charge in [-0.05, 0) is 37.7 Å². The number of amides is 1. The zero-order valence-corrected chi connectivity index (χ0v) is 18.1. The summed E-state index contributed by atoms with van der Waals surface area (Å²) in [6.07, 6.45) is -2.58. The van der Waals surface area contributed by atoms with Crippen molar-refractivity contribution in [2.75, 3.05) is 18.9 Å². The zero-order valence-electron chi connectivity index (χ0n) is 18.1. The third-order valence-corrected chi connectivity index (χ3v) is 5.68. The van der Waals surface area contributed by atoms with E-state index in [-0.39, 0.29) is 17.9 Å². The maximum atomic E-state index is 13.8. The summed E-state index contributed by atoms with van der Waals surface area (Å²) in [6.45, 7) is 2.84. The van der Waals surface area contributed by atoms with Crippen molar-refractivity contribution in [3.63, 3.8) is 0 Å². The van der Waals surface area contributed by atoms with Crippen LogP contribution in [0, 0.1) is 18.3 Å². The summed E-state index contributed by atoms with van der Waals surface area (Å²) < 4.78 is 42.5. The van der Waals surface area contributed by atoms with Gasteiger partial charge in [-0.3, -0.25) is 14.5 Å². The number of nitriles is 1. The van der Waals surface area contributed by atoms with E-state index in [0.29, 0.717) is 29.7 Å². The summed E-state index contributed by atoms with van der Waals surface area (Å²) in [6, 6.07) is 10.0. The predicted octanol–water partition coefficient (Wildman–Crippen LogP) is 3.77. The monoisotopic (exact) mass is 454 g/mol. The van der Waals surface area contributed by atoms with Crippen LogP contribution < -0.4 is 5.32 Å². The number of fused-ring (bicyclic) bond motifs is 1. The number of aromatic nitrogens is 3. The number of nitrogens with one attached hydrogen (secondary N) is 1. The average Bonchev–Trinajstić information content (AvgIpc) is 3.09. The van der Waals surface area contributed by atoms with Crippen molar-refractivity contribution in [3.8, 4) is 6.07 Å². The van der Waals surface area contributed by atoms with Crippen LogP contribution in [0.4, 0.5) is 18.9 Å². The van der Waals surface area contributed by atoms with Crippen molar-refractivity contribution in [3.05, 3.63) is 75.9 Å². The fourth-order valence-electron chi connectivity index (χ4n) is 3.87. The Hall–Kier alpha value is -3.71. The number of carbonyl (C=O) groups is 1. The van der Waals surface area contributed by atoms with Gasteiger partial charge in [-0.1, -0.05) is 12.1 Å². The molecule has 0 spiro atoms. The normalized spacial score (nSPS) is 13.9. The molecule has 0 unspecified atom stereocenters. The molecule has 2 aromatic heterocycles. The second-order valence-electron chi connectivity index (χ2n) is 8.00. The SMILES string of the molecule is Cc1c(NC(=O)c2ccnc3c2CN(C)CC3)c(C(F)(F)F)nn1Cc1ccc(C#N)cc1. The van der Waals surface area contributed by atoms with Crippen molar-refractivity contribution in [1.29, 1.82) is 5.26 Å². The summed E-state index contributed by atoms with van der Waals surface area (Å²) in [5.74, 6) is -0.629. The van der Waals surface area contributed by atoms with Crippen LogP contribution in [-0.2, 0) is 25.7 Å². The van der Waals surface area contributed by atoms with Crippen molar-refractivity contribution < 1.29 is 18.0 Å². The minimum atomic E-state index is -4.75. The first-order valence-corrected chi connectivity index (χ1v) is 10.3. The molecule has 1 N–H and O–H groups in total. The highest BCUT2D eigenvalue weighted by molar-refractivity contribution is 6.06. The Morgan fingerprint density at radius 3 is 2.64 bits per heavy atom. The smallest absolute Gasteiger partial charge is 0.319 e. The molecule has 0 bridgehead atoms. The van der Waals surface area contributed by atoms with Gasteiger partial charge in [0.25, 0.3) is 5.91 Å². The van der Waals surface area contributed by atoms with E-state index in [1.165, 1.54) is 23.9 Å². The molecule has 1 aliphatic rings. The third kappa shape index (κ3) is 4.59. The van der Waals surface area contributed by atoms with E-state index >= 15 is 0 Å². The first-order valence-electron chi connectivity index (χ1n) is 10.3. The van der Waals surface area contributed by atoms with E-state index in [0.717, 1.165) is 17.8 Å². The number of benzene rings is 1. The van der Waals surface area contributed by atoms with E-state index in [9.17, 15) is 18.0 Å². The van der Waals surface area contributed by atoms with Gasteiger partial charge in [0.1, 0.15) is 0 Å². The number of hydrogen-bond donors (Lipinski definition) is 1. The molecule has 4 rings (SSSR count). The molecule has 1 amide bonds. The number of halogens is 3. The second kappa shape index (κ2) is 8.67. The number of hydrogen-bond acceptors (Lipinski definition) is 5. The second-order valence-corrected chi connectivity index (χ2v) is 8.00. The van der Waals surface area contributed by atoms with Crippen molar-refractivity contribution >= 4 is 11.6 Å². The highest BCUT2D eigenvalue weighted by Crippen LogP contribution is 2.36. The third-order valence-electron chi connectivity index (χ3n) is 5.68. The molecular weight excluding hydrogens is 433 g/mol. The fraction of sp³-hybridized carbons (Fsp3) is 0.304. The summed E-state index contributed by atoms with van der Waals surface area (Å²) in [4.78, 5) is 19.4. The topological polar surface area (TPSA) is 86.8 Å². The Morgan fingerprint density at radius 1 is 1.24 bits per heavy atom. The van der Waals surface area contributed by atoms with Gasteiger partial charge in [0.2, 0.25) is 0 Å². The zero-order chi connectivity index (χ0) is 23.8. The van der Waals surface area contributed by atoms with E-state index in [4.69, 9.17) is 5.26 Å². The maximum Gasteiger partial charge on any atom is 0.437 e. The average molecular weight is 454 g/mol. The Morgan fingerprint density at radius 2 is 1.97 bits per heavy atom. The molecule has 3 heterocycles. The number of anilines is 1. The van der Waals surface area contributed by atoms with Gasteiger partial charge >= 0.3 is 6.18 Å². The molecular formula is C23H21F3N6O. The van der Waals surface area contributed by atoms with Crippen LogP contribution in [0.3, 0.4) is 0 Å². The Kier molecular flexibility index (Phi) is 5.91. The lowest BCUT2D eigenvalue weighted by Gasteiger charge is -2.25. The lowest BCUT2D eigenvalue weighted by Crippen LogP contribution is -2.30. The molecule has 7 nitrogen and oxygen atoms in total.